The van der Waals surface area contributed by atoms with Crippen molar-refractivity contribution in [1.82, 2.24) is 0 Å². The molecule has 0 aromatic carbocycles. The van der Waals surface area contributed by atoms with Crippen LogP contribution in [0.3, 0.4) is 0 Å². The third-order valence-corrected chi connectivity index (χ3v) is 3.52. The fraction of sp³-hybridized carbons (Fsp3) is 0.250. The van der Waals surface area contributed by atoms with Gasteiger partial charge in [-0.2, -0.15) is 0 Å². The lowest BCUT2D eigenvalue weighted by Crippen LogP contribution is -1.90. The van der Waals surface area contributed by atoms with E-state index in [0.717, 1.165) is 4.48 Å². The molecule has 1 unspecified atom stereocenters. The molecule has 0 fully saturated rings. The van der Waals surface area contributed by atoms with E-state index in [0.29, 0.717) is 5.25 Å². The molecule has 0 N–H and O–H groups in total. The molecule has 2 heteroatoms. The Kier molecular flexibility index (Phi) is 1.53. The standard InChI is InChI=1S/C8H6BrS/c1-5-2-6-7(9)4-10-8(6)3-5/h2-3,8H,1H3. The summed E-state index contributed by atoms with van der Waals surface area (Å²) in [7, 11) is 0. The van der Waals surface area contributed by atoms with Gasteiger partial charge >= 0.3 is 0 Å². The van der Waals surface area contributed by atoms with E-state index in [1.807, 2.05) is 0 Å². The van der Waals surface area contributed by atoms with E-state index in [2.05, 4.69) is 40.4 Å². The van der Waals surface area contributed by atoms with Crippen LogP contribution >= 0.6 is 27.7 Å². The first-order valence-electron chi connectivity index (χ1n) is 3.12. The first-order valence-corrected chi connectivity index (χ1v) is 4.79. The summed E-state index contributed by atoms with van der Waals surface area (Å²) in [6.07, 6.45) is 4.48. The van der Waals surface area contributed by atoms with Gasteiger partial charge in [0.15, 0.2) is 0 Å². The Balaban J connectivity index is 2.38. The summed E-state index contributed by atoms with van der Waals surface area (Å²) in [4.78, 5) is 0. The first-order chi connectivity index (χ1) is 4.77. The number of thioether (sulfide) groups is 1. The number of hydrogen-bond donors (Lipinski definition) is 0. The van der Waals surface area contributed by atoms with E-state index in [4.69, 9.17) is 0 Å². The lowest BCUT2D eigenvalue weighted by Gasteiger charge is -1.98. The van der Waals surface area contributed by atoms with Gasteiger partial charge in [-0.15, -0.1) is 11.8 Å². The Morgan fingerprint density at radius 2 is 2.50 bits per heavy atom. The van der Waals surface area contributed by atoms with Crippen molar-refractivity contribution in [2.75, 3.05) is 0 Å². The van der Waals surface area contributed by atoms with E-state index >= 15 is 0 Å². The molecule has 0 bridgehead atoms. The van der Waals surface area contributed by atoms with Crippen molar-refractivity contribution in [3.8, 4) is 0 Å². The minimum atomic E-state index is 0.550. The monoisotopic (exact) mass is 213 g/mol. The Hall–Kier alpha value is 0.0500. The molecule has 0 nitrogen and oxygen atoms in total. The normalized spacial score (nSPS) is 29.4. The average molecular weight is 214 g/mol. The molecule has 2 aliphatic rings. The lowest BCUT2D eigenvalue weighted by molar-refractivity contribution is 1.37. The lowest BCUT2D eigenvalue weighted by atomic mass is 10.2. The SMILES string of the molecule is CC1=CC2S[C]=C(Br)C2=C1. The zero-order chi connectivity index (χ0) is 7.14. The number of hydrogen-bond acceptors (Lipinski definition) is 1. The molecule has 1 radical (unpaired) electrons. The van der Waals surface area contributed by atoms with E-state index in [1.165, 1.54) is 11.1 Å². The van der Waals surface area contributed by atoms with Gasteiger partial charge in [0.05, 0.1) is 5.25 Å². The predicted molar refractivity (Wildman–Crippen MR) is 48.9 cm³/mol. The van der Waals surface area contributed by atoms with Crippen LogP contribution in [0.2, 0.25) is 0 Å². The Labute approximate surface area is 73.2 Å². The Bertz CT molecular complexity index is 260. The summed E-state index contributed by atoms with van der Waals surface area (Å²) < 4.78 is 1.13. The fourth-order valence-electron chi connectivity index (χ4n) is 1.16. The summed E-state index contributed by atoms with van der Waals surface area (Å²) in [5.74, 6) is 0. The third-order valence-electron chi connectivity index (χ3n) is 1.63. The largest absolute Gasteiger partial charge is 0.111 e. The van der Waals surface area contributed by atoms with Gasteiger partial charge < -0.3 is 0 Å². The van der Waals surface area contributed by atoms with Crippen LogP contribution in [0.15, 0.2) is 27.8 Å². The smallest absolute Gasteiger partial charge is 0.0542 e. The zero-order valence-corrected chi connectivity index (χ0v) is 7.92. The number of fused-ring (bicyclic) bond motifs is 1. The van der Waals surface area contributed by atoms with E-state index < -0.39 is 0 Å². The molecule has 0 spiro atoms. The minimum Gasteiger partial charge on any atom is -0.111 e. The molecule has 0 saturated heterocycles. The summed E-state index contributed by atoms with van der Waals surface area (Å²) in [6, 6.07) is 0. The molecule has 1 heterocycles. The molecular weight excluding hydrogens is 208 g/mol. The van der Waals surface area contributed by atoms with E-state index in [-0.39, 0.29) is 0 Å². The Morgan fingerprint density at radius 1 is 1.70 bits per heavy atom. The van der Waals surface area contributed by atoms with Gasteiger partial charge in [0.2, 0.25) is 0 Å². The maximum absolute atomic E-state index is 3.46. The fourth-order valence-corrected chi connectivity index (χ4v) is 2.90. The summed E-state index contributed by atoms with van der Waals surface area (Å²) in [6.45, 7) is 2.13. The van der Waals surface area contributed by atoms with Crippen molar-refractivity contribution in [2.45, 2.75) is 12.2 Å². The second-order valence-corrected chi connectivity index (χ2v) is 4.21. The van der Waals surface area contributed by atoms with Crippen LogP contribution < -0.4 is 0 Å². The van der Waals surface area contributed by atoms with Crippen LogP contribution in [0.1, 0.15) is 6.92 Å². The highest BCUT2D eigenvalue weighted by Crippen LogP contribution is 2.42. The van der Waals surface area contributed by atoms with Crippen LogP contribution in [-0.4, -0.2) is 5.25 Å². The van der Waals surface area contributed by atoms with Gasteiger partial charge in [-0.25, -0.2) is 0 Å². The second-order valence-electron chi connectivity index (χ2n) is 2.46. The molecule has 0 aromatic heterocycles. The van der Waals surface area contributed by atoms with Gasteiger partial charge in [-0.1, -0.05) is 17.7 Å². The predicted octanol–water partition coefficient (Wildman–Crippen LogP) is 3.03. The van der Waals surface area contributed by atoms with E-state index in [1.54, 1.807) is 11.8 Å². The van der Waals surface area contributed by atoms with Crippen molar-refractivity contribution < 1.29 is 0 Å². The van der Waals surface area contributed by atoms with Crippen molar-refractivity contribution in [2.24, 2.45) is 0 Å². The number of allylic oxidation sites excluding steroid dienone is 3. The van der Waals surface area contributed by atoms with Crippen LogP contribution in [-0.2, 0) is 0 Å². The van der Waals surface area contributed by atoms with Crippen molar-refractivity contribution in [3.05, 3.63) is 33.2 Å². The van der Waals surface area contributed by atoms with Crippen LogP contribution in [0, 0.1) is 5.41 Å². The summed E-state index contributed by atoms with van der Waals surface area (Å²) in [5.41, 5.74) is 2.74. The third kappa shape index (κ3) is 0.903. The molecule has 0 amide bonds. The first kappa shape index (κ1) is 6.74. The van der Waals surface area contributed by atoms with Crippen molar-refractivity contribution in [3.63, 3.8) is 0 Å². The maximum atomic E-state index is 3.46. The van der Waals surface area contributed by atoms with E-state index in [9.17, 15) is 0 Å². The Morgan fingerprint density at radius 3 is 3.20 bits per heavy atom. The molecular formula is C8H6BrS. The topological polar surface area (TPSA) is 0 Å². The molecule has 0 aromatic rings. The van der Waals surface area contributed by atoms with Gasteiger partial charge in [-0.3, -0.25) is 0 Å². The molecule has 10 heavy (non-hydrogen) atoms. The van der Waals surface area contributed by atoms with Gasteiger partial charge in [0, 0.05) is 9.89 Å². The maximum Gasteiger partial charge on any atom is 0.0542 e. The van der Waals surface area contributed by atoms with Crippen LogP contribution in [0.5, 0.6) is 0 Å². The molecule has 2 rings (SSSR count). The van der Waals surface area contributed by atoms with Gasteiger partial charge in [-0.05, 0) is 28.4 Å². The summed E-state index contributed by atoms with van der Waals surface area (Å²) in [5, 5.41) is 3.73. The number of rotatable bonds is 0. The molecule has 51 valence electrons. The average Bonchev–Trinajstić information content (AvgIpc) is 2.35. The van der Waals surface area contributed by atoms with Crippen molar-refractivity contribution in [1.29, 1.82) is 0 Å². The highest BCUT2D eigenvalue weighted by atomic mass is 79.9. The number of halogens is 1. The summed E-state index contributed by atoms with van der Waals surface area (Å²) >= 11 is 5.20. The zero-order valence-electron chi connectivity index (χ0n) is 5.52. The van der Waals surface area contributed by atoms with Crippen LogP contribution in [0.4, 0.5) is 0 Å². The second kappa shape index (κ2) is 2.28. The highest BCUT2D eigenvalue weighted by molar-refractivity contribution is 9.12. The quantitative estimate of drug-likeness (QED) is 0.597. The minimum absolute atomic E-state index is 0.550. The van der Waals surface area contributed by atoms with Crippen LogP contribution in [0.25, 0.3) is 0 Å². The highest BCUT2D eigenvalue weighted by Gasteiger charge is 2.24. The molecule has 1 atom stereocenters. The molecule has 0 saturated carbocycles. The van der Waals surface area contributed by atoms with Gasteiger partial charge in [0.1, 0.15) is 0 Å². The molecule has 1 aliphatic carbocycles. The van der Waals surface area contributed by atoms with Crippen molar-refractivity contribution >= 4 is 27.7 Å². The van der Waals surface area contributed by atoms with Gasteiger partial charge in [0.25, 0.3) is 0 Å². The molecule has 1 aliphatic heterocycles.